The summed E-state index contributed by atoms with van der Waals surface area (Å²) in [6.07, 6.45) is 0.555. The molecule has 0 N–H and O–H groups in total. The molecule has 0 atom stereocenters. The Morgan fingerprint density at radius 2 is 1.91 bits per heavy atom. The van der Waals surface area contributed by atoms with E-state index in [1.165, 1.54) is 0 Å². The van der Waals surface area contributed by atoms with Crippen molar-refractivity contribution in [3.05, 3.63) is 51.3 Å². The molecule has 0 saturated heterocycles. The van der Waals surface area contributed by atoms with E-state index in [4.69, 9.17) is 25.5 Å². The highest BCUT2D eigenvalue weighted by atomic mass is 79.9. The molecule has 0 spiro atoms. The van der Waals surface area contributed by atoms with Gasteiger partial charge < -0.3 is 13.9 Å². The first-order chi connectivity index (χ1) is 10.6. The number of nitrogens with zero attached hydrogens (tertiary/aromatic N) is 1. The number of halogens is 2. The summed E-state index contributed by atoms with van der Waals surface area (Å²) >= 11 is 9.46. The monoisotopic (exact) mass is 381 g/mol. The van der Waals surface area contributed by atoms with E-state index < -0.39 is 0 Å². The van der Waals surface area contributed by atoms with Gasteiger partial charge in [0.05, 0.1) is 18.7 Å². The van der Waals surface area contributed by atoms with Crippen LogP contribution in [0.3, 0.4) is 0 Å². The van der Waals surface area contributed by atoms with Gasteiger partial charge >= 0.3 is 0 Å². The van der Waals surface area contributed by atoms with Crippen LogP contribution in [0.15, 0.2) is 39.2 Å². The third-order valence-corrected chi connectivity index (χ3v) is 4.06. The van der Waals surface area contributed by atoms with Gasteiger partial charge in [0, 0.05) is 11.4 Å². The summed E-state index contributed by atoms with van der Waals surface area (Å²) in [5.74, 6) is 1.99. The molecule has 0 aliphatic carbocycles. The predicted molar refractivity (Wildman–Crippen MR) is 89.1 cm³/mol. The lowest BCUT2D eigenvalue weighted by atomic mass is 10.1. The lowest BCUT2D eigenvalue weighted by molar-refractivity contribution is 0.354. The van der Waals surface area contributed by atoms with Crippen LogP contribution in [-0.4, -0.2) is 19.2 Å². The summed E-state index contributed by atoms with van der Waals surface area (Å²) in [4.78, 5) is 4.47. The molecule has 0 aliphatic heterocycles. The standard InChI is InChI=1S/C16H13BrClNO3/c1-20-13-4-3-9(5-14(13)21-2)6-15-19-12-8-10(18)7-11(17)16(12)22-15/h3-5,7-8H,6H2,1-2H3. The van der Waals surface area contributed by atoms with Gasteiger partial charge in [-0.1, -0.05) is 17.7 Å². The number of methoxy groups -OCH3 is 2. The molecule has 0 saturated carbocycles. The summed E-state index contributed by atoms with van der Waals surface area (Å²) in [5, 5.41) is 0.616. The highest BCUT2D eigenvalue weighted by Crippen LogP contribution is 2.31. The first kappa shape index (κ1) is 15.2. The van der Waals surface area contributed by atoms with Crippen molar-refractivity contribution in [1.82, 2.24) is 4.98 Å². The number of fused-ring (bicyclic) bond motifs is 1. The first-order valence-electron chi connectivity index (χ1n) is 6.56. The van der Waals surface area contributed by atoms with Crippen LogP contribution < -0.4 is 9.47 Å². The Kier molecular flexibility index (Phi) is 4.27. The van der Waals surface area contributed by atoms with Gasteiger partial charge in [-0.15, -0.1) is 0 Å². The van der Waals surface area contributed by atoms with Gasteiger partial charge in [0.1, 0.15) is 5.52 Å². The van der Waals surface area contributed by atoms with Crippen LogP contribution in [0, 0.1) is 0 Å². The summed E-state index contributed by atoms with van der Waals surface area (Å²) in [7, 11) is 3.22. The van der Waals surface area contributed by atoms with Crippen LogP contribution in [0.5, 0.6) is 11.5 Å². The van der Waals surface area contributed by atoms with Crippen LogP contribution in [-0.2, 0) is 6.42 Å². The molecule has 6 heteroatoms. The van der Waals surface area contributed by atoms with Crippen molar-refractivity contribution >= 4 is 38.6 Å². The molecule has 0 bridgehead atoms. The Hall–Kier alpha value is -1.72. The molecule has 0 unspecified atom stereocenters. The summed E-state index contributed by atoms with van der Waals surface area (Å²) in [6, 6.07) is 9.30. The van der Waals surface area contributed by atoms with Gasteiger partial charge in [-0.2, -0.15) is 0 Å². The van der Waals surface area contributed by atoms with Gasteiger partial charge in [-0.05, 0) is 45.8 Å². The maximum atomic E-state index is 6.02. The molecule has 3 rings (SSSR count). The van der Waals surface area contributed by atoms with Crippen LogP contribution in [0.4, 0.5) is 0 Å². The molecule has 0 fully saturated rings. The van der Waals surface area contributed by atoms with Crippen molar-refractivity contribution in [3.8, 4) is 11.5 Å². The normalized spacial score (nSPS) is 10.9. The number of hydrogen-bond donors (Lipinski definition) is 0. The second kappa shape index (κ2) is 6.18. The van der Waals surface area contributed by atoms with Crippen LogP contribution in [0.1, 0.15) is 11.5 Å². The molecule has 1 aromatic heterocycles. The fourth-order valence-electron chi connectivity index (χ4n) is 2.25. The number of oxazole rings is 1. The largest absolute Gasteiger partial charge is 0.493 e. The highest BCUT2D eigenvalue weighted by molar-refractivity contribution is 9.10. The van der Waals surface area contributed by atoms with E-state index in [9.17, 15) is 0 Å². The van der Waals surface area contributed by atoms with Gasteiger partial charge in [-0.3, -0.25) is 0 Å². The number of ether oxygens (including phenoxy) is 2. The van der Waals surface area contributed by atoms with E-state index >= 15 is 0 Å². The third-order valence-electron chi connectivity index (χ3n) is 3.26. The molecule has 3 aromatic rings. The summed E-state index contributed by atoms with van der Waals surface area (Å²) in [5.41, 5.74) is 2.45. The Morgan fingerprint density at radius 3 is 2.64 bits per heavy atom. The molecule has 114 valence electrons. The van der Waals surface area contributed by atoms with Crippen molar-refractivity contribution in [2.45, 2.75) is 6.42 Å². The number of aromatic nitrogens is 1. The Morgan fingerprint density at radius 1 is 1.14 bits per heavy atom. The summed E-state index contributed by atoms with van der Waals surface area (Å²) < 4.78 is 17.1. The van der Waals surface area contributed by atoms with Gasteiger partial charge in [0.15, 0.2) is 23.0 Å². The zero-order valence-corrected chi connectivity index (χ0v) is 14.4. The van der Waals surface area contributed by atoms with Gasteiger partial charge in [-0.25, -0.2) is 4.98 Å². The van der Waals surface area contributed by atoms with Crippen molar-refractivity contribution in [3.63, 3.8) is 0 Å². The minimum atomic E-state index is 0.555. The fourth-order valence-corrected chi connectivity index (χ4v) is 3.12. The van der Waals surface area contributed by atoms with E-state index in [2.05, 4.69) is 20.9 Å². The van der Waals surface area contributed by atoms with Crippen molar-refractivity contribution in [2.24, 2.45) is 0 Å². The van der Waals surface area contributed by atoms with Crippen LogP contribution >= 0.6 is 27.5 Å². The number of rotatable bonds is 4. The molecule has 2 aromatic carbocycles. The van der Waals surface area contributed by atoms with Crippen molar-refractivity contribution in [1.29, 1.82) is 0 Å². The van der Waals surface area contributed by atoms with Gasteiger partial charge in [0.2, 0.25) is 0 Å². The molecular formula is C16H13BrClNO3. The average molecular weight is 383 g/mol. The van der Waals surface area contributed by atoms with E-state index in [-0.39, 0.29) is 0 Å². The van der Waals surface area contributed by atoms with Gasteiger partial charge in [0.25, 0.3) is 0 Å². The quantitative estimate of drug-likeness (QED) is 0.647. The maximum Gasteiger partial charge on any atom is 0.199 e. The minimum Gasteiger partial charge on any atom is -0.493 e. The number of hydrogen-bond acceptors (Lipinski definition) is 4. The maximum absolute atomic E-state index is 6.02. The molecule has 4 nitrogen and oxygen atoms in total. The first-order valence-corrected chi connectivity index (χ1v) is 7.73. The highest BCUT2D eigenvalue weighted by Gasteiger charge is 2.12. The second-order valence-corrected chi connectivity index (χ2v) is 6.00. The Labute approximate surface area is 141 Å². The average Bonchev–Trinajstić information content (AvgIpc) is 2.89. The van der Waals surface area contributed by atoms with Crippen LogP contribution in [0.2, 0.25) is 5.02 Å². The van der Waals surface area contributed by atoms with E-state index in [1.54, 1.807) is 26.4 Å². The smallest absolute Gasteiger partial charge is 0.199 e. The third kappa shape index (κ3) is 2.91. The summed E-state index contributed by atoms with van der Waals surface area (Å²) in [6.45, 7) is 0. The molecule has 0 aliphatic rings. The Balaban J connectivity index is 1.94. The Bertz CT molecular complexity index is 832. The molecule has 0 amide bonds. The van der Waals surface area contributed by atoms with Crippen molar-refractivity contribution in [2.75, 3.05) is 14.2 Å². The van der Waals surface area contributed by atoms with E-state index in [0.29, 0.717) is 34.4 Å². The minimum absolute atomic E-state index is 0.555. The molecular weight excluding hydrogens is 370 g/mol. The van der Waals surface area contributed by atoms with Crippen LogP contribution in [0.25, 0.3) is 11.1 Å². The second-order valence-electron chi connectivity index (χ2n) is 4.71. The van der Waals surface area contributed by atoms with E-state index in [1.807, 2.05) is 18.2 Å². The SMILES string of the molecule is COc1ccc(Cc2nc3cc(Cl)cc(Br)c3o2)cc1OC. The van der Waals surface area contributed by atoms with Crippen molar-refractivity contribution < 1.29 is 13.9 Å². The molecule has 22 heavy (non-hydrogen) atoms. The fraction of sp³-hybridized carbons (Fsp3) is 0.188. The number of benzene rings is 2. The molecule has 0 radical (unpaired) electrons. The zero-order valence-electron chi connectivity index (χ0n) is 12.0. The lowest BCUT2D eigenvalue weighted by Crippen LogP contribution is -1.93. The topological polar surface area (TPSA) is 44.5 Å². The zero-order chi connectivity index (χ0) is 15.7. The molecule has 1 heterocycles. The predicted octanol–water partition coefficient (Wildman–Crippen LogP) is 4.85. The lowest BCUT2D eigenvalue weighted by Gasteiger charge is -2.08. The van der Waals surface area contributed by atoms with E-state index in [0.717, 1.165) is 15.6 Å².